The fraction of sp³-hybridized carbons (Fsp3) is 0.667. The Balaban J connectivity index is 2.36. The zero-order chi connectivity index (χ0) is 11.8. The lowest BCUT2D eigenvalue weighted by Gasteiger charge is -2.27. The van der Waals surface area contributed by atoms with E-state index in [9.17, 15) is 0 Å². The molecule has 0 bridgehead atoms. The predicted octanol–water partition coefficient (Wildman–Crippen LogP) is 1.05. The zero-order valence-electron chi connectivity index (χ0n) is 9.46. The summed E-state index contributed by atoms with van der Waals surface area (Å²) in [5, 5.41) is 8.53. The van der Waals surface area contributed by atoms with Crippen molar-refractivity contribution in [3.05, 3.63) is 12.2 Å². The van der Waals surface area contributed by atoms with Crippen LogP contribution in [0.3, 0.4) is 0 Å². The number of aliphatic hydroxyl groups excluding tert-OH is 1. The highest BCUT2D eigenvalue weighted by atomic mass is 16.7. The van der Waals surface area contributed by atoms with Gasteiger partial charge >= 0.3 is 0 Å². The van der Waals surface area contributed by atoms with E-state index in [0.29, 0.717) is 6.61 Å². The first-order chi connectivity index (χ1) is 7.80. The maximum Gasteiger partial charge on any atom is 0.178 e. The van der Waals surface area contributed by atoms with E-state index >= 15 is 0 Å². The van der Waals surface area contributed by atoms with Gasteiger partial charge in [-0.1, -0.05) is 18.9 Å². The number of rotatable bonds is 6. The first-order valence-electron chi connectivity index (χ1n) is 5.42. The van der Waals surface area contributed by atoms with Crippen LogP contribution < -0.4 is 0 Å². The Morgan fingerprint density at radius 2 is 2.50 bits per heavy atom. The number of ether oxygens (including phenoxy) is 3. The van der Waals surface area contributed by atoms with E-state index in [0.717, 1.165) is 12.8 Å². The van der Waals surface area contributed by atoms with Crippen molar-refractivity contribution in [2.24, 2.45) is 0 Å². The molecule has 4 nitrogen and oxygen atoms in total. The second kappa shape index (κ2) is 7.42. The molecule has 0 saturated heterocycles. The van der Waals surface area contributed by atoms with Crippen molar-refractivity contribution in [3.8, 4) is 12.3 Å². The predicted molar refractivity (Wildman–Crippen MR) is 59.5 cm³/mol. The molecule has 1 heterocycles. The van der Waals surface area contributed by atoms with Crippen LogP contribution in [0.1, 0.15) is 19.8 Å². The SMILES string of the molecule is C#CC(CC)OC1C=CCC(COCO)O1. The number of hydrogen-bond donors (Lipinski definition) is 1. The average Bonchev–Trinajstić information content (AvgIpc) is 2.34. The van der Waals surface area contributed by atoms with Crippen LogP contribution in [0.4, 0.5) is 0 Å². The van der Waals surface area contributed by atoms with E-state index in [4.69, 9.17) is 25.7 Å². The summed E-state index contributed by atoms with van der Waals surface area (Å²) in [6.45, 7) is 2.02. The van der Waals surface area contributed by atoms with Crippen molar-refractivity contribution in [1.82, 2.24) is 0 Å². The van der Waals surface area contributed by atoms with Crippen LogP contribution in [-0.2, 0) is 14.2 Å². The molecule has 1 aliphatic rings. The van der Waals surface area contributed by atoms with Gasteiger partial charge in [0, 0.05) is 0 Å². The fourth-order valence-corrected chi connectivity index (χ4v) is 1.42. The van der Waals surface area contributed by atoms with Gasteiger partial charge in [-0.25, -0.2) is 0 Å². The Morgan fingerprint density at radius 1 is 1.69 bits per heavy atom. The average molecular weight is 226 g/mol. The molecule has 0 aliphatic carbocycles. The molecule has 1 N–H and O–H groups in total. The molecule has 3 atom stereocenters. The van der Waals surface area contributed by atoms with Gasteiger partial charge in [0.25, 0.3) is 0 Å². The third-order valence-corrected chi connectivity index (χ3v) is 2.27. The number of terminal acetylenes is 1. The summed E-state index contributed by atoms with van der Waals surface area (Å²) in [7, 11) is 0. The molecular weight excluding hydrogens is 208 g/mol. The summed E-state index contributed by atoms with van der Waals surface area (Å²) in [6.07, 6.45) is 9.90. The minimum Gasteiger partial charge on any atom is -0.371 e. The highest BCUT2D eigenvalue weighted by molar-refractivity contribution is 4.97. The smallest absolute Gasteiger partial charge is 0.178 e. The topological polar surface area (TPSA) is 47.9 Å². The van der Waals surface area contributed by atoms with Crippen molar-refractivity contribution >= 4 is 0 Å². The van der Waals surface area contributed by atoms with E-state index in [1.165, 1.54) is 0 Å². The molecule has 0 aromatic rings. The minimum atomic E-state index is -0.415. The van der Waals surface area contributed by atoms with Crippen molar-refractivity contribution in [2.45, 2.75) is 38.3 Å². The molecule has 4 heteroatoms. The summed E-state index contributed by atoms with van der Waals surface area (Å²) in [5.74, 6) is 2.55. The van der Waals surface area contributed by atoms with Crippen LogP contribution in [0, 0.1) is 12.3 Å². The van der Waals surface area contributed by atoms with Crippen molar-refractivity contribution in [3.63, 3.8) is 0 Å². The number of hydrogen-bond acceptors (Lipinski definition) is 4. The second-order valence-electron chi connectivity index (χ2n) is 3.49. The standard InChI is InChI=1S/C12H18O4/c1-3-10(4-2)15-12-7-5-6-11(16-12)8-14-9-13/h1,5,7,10-13H,4,6,8-9H2,2H3. The molecule has 3 unspecified atom stereocenters. The molecule has 0 saturated carbocycles. The van der Waals surface area contributed by atoms with Crippen LogP contribution in [0.5, 0.6) is 0 Å². The molecule has 0 spiro atoms. The molecular formula is C12H18O4. The van der Waals surface area contributed by atoms with Gasteiger partial charge in [-0.2, -0.15) is 0 Å². The largest absolute Gasteiger partial charge is 0.371 e. The van der Waals surface area contributed by atoms with Crippen molar-refractivity contribution in [1.29, 1.82) is 0 Å². The van der Waals surface area contributed by atoms with E-state index in [1.54, 1.807) is 0 Å². The lowest BCUT2D eigenvalue weighted by Crippen LogP contribution is -2.32. The number of aliphatic hydroxyl groups is 1. The third-order valence-electron chi connectivity index (χ3n) is 2.27. The van der Waals surface area contributed by atoms with Crippen LogP contribution in [0.2, 0.25) is 0 Å². The molecule has 0 fully saturated rings. The monoisotopic (exact) mass is 226 g/mol. The van der Waals surface area contributed by atoms with Crippen molar-refractivity contribution in [2.75, 3.05) is 13.4 Å². The maximum absolute atomic E-state index is 8.53. The molecule has 0 radical (unpaired) electrons. The van der Waals surface area contributed by atoms with Gasteiger partial charge in [0.1, 0.15) is 12.9 Å². The van der Waals surface area contributed by atoms with Crippen molar-refractivity contribution < 1.29 is 19.3 Å². The second-order valence-corrected chi connectivity index (χ2v) is 3.49. The Hall–Kier alpha value is -0.860. The van der Waals surface area contributed by atoms with Crippen LogP contribution in [-0.4, -0.2) is 37.0 Å². The Bertz CT molecular complexity index is 256. The van der Waals surface area contributed by atoms with E-state index in [2.05, 4.69) is 5.92 Å². The Labute approximate surface area is 96.2 Å². The quantitative estimate of drug-likeness (QED) is 0.418. The molecule has 90 valence electrons. The van der Waals surface area contributed by atoms with Gasteiger partial charge < -0.3 is 19.3 Å². The van der Waals surface area contributed by atoms with Crippen LogP contribution >= 0.6 is 0 Å². The summed E-state index contributed by atoms with van der Waals surface area (Å²) in [5.41, 5.74) is 0. The van der Waals surface area contributed by atoms with E-state index < -0.39 is 6.29 Å². The van der Waals surface area contributed by atoms with Gasteiger partial charge in [-0.05, 0) is 18.9 Å². The summed E-state index contributed by atoms with van der Waals surface area (Å²) in [4.78, 5) is 0. The first-order valence-corrected chi connectivity index (χ1v) is 5.42. The van der Waals surface area contributed by atoms with E-state index in [-0.39, 0.29) is 19.0 Å². The van der Waals surface area contributed by atoms with Gasteiger partial charge in [-0.15, -0.1) is 6.42 Å². The van der Waals surface area contributed by atoms with Crippen LogP contribution in [0.25, 0.3) is 0 Å². The van der Waals surface area contributed by atoms with Gasteiger partial charge in [0.2, 0.25) is 0 Å². The molecule has 0 aromatic heterocycles. The highest BCUT2D eigenvalue weighted by Gasteiger charge is 2.20. The molecule has 0 amide bonds. The first kappa shape index (κ1) is 13.2. The molecule has 1 aliphatic heterocycles. The normalized spacial score (nSPS) is 26.3. The highest BCUT2D eigenvalue weighted by Crippen LogP contribution is 2.15. The van der Waals surface area contributed by atoms with Gasteiger partial charge in [-0.3, -0.25) is 0 Å². The summed E-state index contributed by atoms with van der Waals surface area (Å²) < 4.78 is 16.0. The molecule has 1 rings (SSSR count). The Morgan fingerprint density at radius 3 is 3.12 bits per heavy atom. The minimum absolute atomic E-state index is 0.0857. The van der Waals surface area contributed by atoms with Gasteiger partial charge in [0.05, 0.1) is 12.7 Å². The van der Waals surface area contributed by atoms with Crippen LogP contribution in [0.15, 0.2) is 12.2 Å². The molecule has 0 aromatic carbocycles. The molecule has 16 heavy (non-hydrogen) atoms. The third kappa shape index (κ3) is 4.33. The zero-order valence-corrected chi connectivity index (χ0v) is 9.46. The lowest BCUT2D eigenvalue weighted by atomic mass is 10.2. The summed E-state index contributed by atoms with van der Waals surface area (Å²) in [6, 6.07) is 0. The Kier molecular flexibility index (Phi) is 6.12. The maximum atomic E-state index is 8.53. The summed E-state index contributed by atoms with van der Waals surface area (Å²) >= 11 is 0. The van der Waals surface area contributed by atoms with Gasteiger partial charge in [0.15, 0.2) is 6.29 Å². The fourth-order valence-electron chi connectivity index (χ4n) is 1.42. The lowest BCUT2D eigenvalue weighted by molar-refractivity contribution is -0.179. The van der Waals surface area contributed by atoms with E-state index in [1.807, 2.05) is 19.1 Å².